The molecule has 0 saturated carbocycles. The third-order valence-electron chi connectivity index (χ3n) is 2.48. The standard InChI is InChI=1S/C10H21NO.C2H6/c1-3-5-6-12-9-10-7-11(4-2)8-10;1-2/h10H,3-9H2,1-2H3;1-2H3. The first-order valence-electron chi connectivity index (χ1n) is 6.16. The Kier molecular flexibility index (Phi) is 9.42. The van der Waals surface area contributed by atoms with Gasteiger partial charge in [-0.05, 0) is 13.0 Å². The van der Waals surface area contributed by atoms with E-state index < -0.39 is 0 Å². The molecule has 1 saturated heterocycles. The molecule has 1 aliphatic heterocycles. The number of likely N-dealkylation sites (tertiary alicyclic amines) is 1. The number of ether oxygens (including phenoxy) is 1. The van der Waals surface area contributed by atoms with E-state index in [-0.39, 0.29) is 0 Å². The molecular weight excluding hydrogens is 174 g/mol. The molecule has 0 amide bonds. The summed E-state index contributed by atoms with van der Waals surface area (Å²) in [4.78, 5) is 2.45. The number of rotatable bonds is 6. The number of hydrogen-bond donors (Lipinski definition) is 0. The second-order valence-electron chi connectivity index (χ2n) is 3.65. The topological polar surface area (TPSA) is 12.5 Å². The largest absolute Gasteiger partial charge is 0.381 e. The van der Waals surface area contributed by atoms with Crippen LogP contribution < -0.4 is 0 Å². The lowest BCUT2D eigenvalue weighted by Crippen LogP contribution is -2.48. The zero-order chi connectivity index (χ0) is 10.8. The zero-order valence-corrected chi connectivity index (χ0v) is 10.4. The molecule has 0 spiro atoms. The highest BCUT2D eigenvalue weighted by Crippen LogP contribution is 2.14. The maximum absolute atomic E-state index is 5.54. The smallest absolute Gasteiger partial charge is 0.0518 e. The highest BCUT2D eigenvalue weighted by molar-refractivity contribution is 4.77. The third-order valence-corrected chi connectivity index (χ3v) is 2.48. The molecule has 0 aliphatic carbocycles. The van der Waals surface area contributed by atoms with E-state index in [0.717, 1.165) is 19.1 Å². The van der Waals surface area contributed by atoms with Gasteiger partial charge in [-0.15, -0.1) is 0 Å². The molecule has 2 nitrogen and oxygen atoms in total. The molecule has 1 heterocycles. The SMILES string of the molecule is CC.CCCCOCC1CN(CC)C1. The Labute approximate surface area is 89.6 Å². The van der Waals surface area contributed by atoms with Gasteiger partial charge >= 0.3 is 0 Å². The molecule has 0 radical (unpaired) electrons. The van der Waals surface area contributed by atoms with Gasteiger partial charge in [-0.25, -0.2) is 0 Å². The zero-order valence-electron chi connectivity index (χ0n) is 10.4. The van der Waals surface area contributed by atoms with Gasteiger partial charge in [0.1, 0.15) is 0 Å². The summed E-state index contributed by atoms with van der Waals surface area (Å²) in [6.45, 7) is 14.1. The Morgan fingerprint density at radius 1 is 1.21 bits per heavy atom. The molecule has 2 heteroatoms. The average molecular weight is 201 g/mol. The van der Waals surface area contributed by atoms with Gasteiger partial charge < -0.3 is 9.64 Å². The minimum Gasteiger partial charge on any atom is -0.381 e. The molecule has 0 N–H and O–H groups in total. The van der Waals surface area contributed by atoms with Crippen molar-refractivity contribution in [2.75, 3.05) is 32.8 Å². The first kappa shape index (κ1) is 13.9. The molecule has 86 valence electrons. The van der Waals surface area contributed by atoms with Crippen molar-refractivity contribution < 1.29 is 4.74 Å². The van der Waals surface area contributed by atoms with Gasteiger partial charge in [0.25, 0.3) is 0 Å². The minimum atomic E-state index is 0.821. The third kappa shape index (κ3) is 5.61. The van der Waals surface area contributed by atoms with E-state index in [4.69, 9.17) is 4.74 Å². The predicted octanol–water partition coefficient (Wildman–Crippen LogP) is 2.78. The summed E-state index contributed by atoms with van der Waals surface area (Å²) in [6, 6.07) is 0. The number of nitrogens with zero attached hydrogens (tertiary/aromatic N) is 1. The van der Waals surface area contributed by atoms with Crippen LogP contribution in [0.4, 0.5) is 0 Å². The van der Waals surface area contributed by atoms with Crippen LogP contribution in [0.25, 0.3) is 0 Å². The molecule has 14 heavy (non-hydrogen) atoms. The van der Waals surface area contributed by atoms with Crippen molar-refractivity contribution in [1.29, 1.82) is 0 Å². The minimum absolute atomic E-state index is 0.821. The monoisotopic (exact) mass is 201 g/mol. The maximum atomic E-state index is 5.54. The highest BCUT2D eigenvalue weighted by Gasteiger charge is 2.24. The van der Waals surface area contributed by atoms with Crippen LogP contribution >= 0.6 is 0 Å². The van der Waals surface area contributed by atoms with Gasteiger partial charge in [0.05, 0.1) is 6.61 Å². The Morgan fingerprint density at radius 2 is 1.86 bits per heavy atom. The summed E-state index contributed by atoms with van der Waals surface area (Å²) in [5.74, 6) is 0.821. The fourth-order valence-electron chi connectivity index (χ4n) is 1.54. The van der Waals surface area contributed by atoms with Crippen LogP contribution in [-0.2, 0) is 4.74 Å². The van der Waals surface area contributed by atoms with Crippen molar-refractivity contribution in [3.05, 3.63) is 0 Å². The van der Waals surface area contributed by atoms with Gasteiger partial charge in [-0.3, -0.25) is 0 Å². The van der Waals surface area contributed by atoms with Crippen molar-refractivity contribution >= 4 is 0 Å². The van der Waals surface area contributed by atoms with E-state index in [0.29, 0.717) is 0 Å². The first-order chi connectivity index (χ1) is 6.86. The lowest BCUT2D eigenvalue weighted by atomic mass is 10.0. The van der Waals surface area contributed by atoms with Crippen molar-refractivity contribution in [2.24, 2.45) is 5.92 Å². The highest BCUT2D eigenvalue weighted by atomic mass is 16.5. The molecule has 0 aromatic rings. The Hall–Kier alpha value is -0.0800. The molecule has 1 fully saturated rings. The number of unbranched alkanes of at least 4 members (excludes halogenated alkanes) is 1. The summed E-state index contributed by atoms with van der Waals surface area (Å²) in [7, 11) is 0. The first-order valence-corrected chi connectivity index (χ1v) is 6.16. The van der Waals surface area contributed by atoms with Crippen LogP contribution in [0.3, 0.4) is 0 Å². The van der Waals surface area contributed by atoms with E-state index in [9.17, 15) is 0 Å². The van der Waals surface area contributed by atoms with Crippen LogP contribution in [0.5, 0.6) is 0 Å². The van der Waals surface area contributed by atoms with Gasteiger partial charge in [0.15, 0.2) is 0 Å². The van der Waals surface area contributed by atoms with E-state index >= 15 is 0 Å². The number of hydrogen-bond acceptors (Lipinski definition) is 2. The summed E-state index contributed by atoms with van der Waals surface area (Å²) in [6.07, 6.45) is 2.45. The molecule has 0 unspecified atom stereocenters. The lowest BCUT2D eigenvalue weighted by Gasteiger charge is -2.38. The second kappa shape index (κ2) is 9.47. The van der Waals surface area contributed by atoms with E-state index in [2.05, 4.69) is 18.7 Å². The summed E-state index contributed by atoms with van der Waals surface area (Å²) < 4.78 is 5.54. The predicted molar refractivity (Wildman–Crippen MR) is 62.7 cm³/mol. The van der Waals surface area contributed by atoms with Crippen LogP contribution in [0.1, 0.15) is 40.5 Å². The van der Waals surface area contributed by atoms with Gasteiger partial charge in [0, 0.05) is 25.6 Å². The van der Waals surface area contributed by atoms with E-state index in [1.165, 1.54) is 32.5 Å². The Morgan fingerprint density at radius 3 is 2.36 bits per heavy atom. The van der Waals surface area contributed by atoms with Crippen molar-refractivity contribution in [1.82, 2.24) is 4.90 Å². The fraction of sp³-hybridized carbons (Fsp3) is 1.00. The average Bonchev–Trinajstić information content (AvgIpc) is 2.18. The quantitative estimate of drug-likeness (QED) is 0.613. The van der Waals surface area contributed by atoms with E-state index in [1.54, 1.807) is 0 Å². The van der Waals surface area contributed by atoms with Crippen molar-refractivity contribution in [3.8, 4) is 0 Å². The van der Waals surface area contributed by atoms with Crippen LogP contribution in [0.2, 0.25) is 0 Å². The molecule has 0 aromatic carbocycles. The Bertz CT molecular complexity index is 111. The second-order valence-corrected chi connectivity index (χ2v) is 3.65. The molecular formula is C12H27NO. The summed E-state index contributed by atoms with van der Waals surface area (Å²) >= 11 is 0. The molecule has 1 rings (SSSR count). The maximum Gasteiger partial charge on any atom is 0.0518 e. The molecule has 0 aromatic heterocycles. The molecule has 1 aliphatic rings. The lowest BCUT2D eigenvalue weighted by molar-refractivity contribution is 0.0167. The molecule has 0 bridgehead atoms. The van der Waals surface area contributed by atoms with Gasteiger partial charge in [-0.2, -0.15) is 0 Å². The van der Waals surface area contributed by atoms with Crippen LogP contribution in [0.15, 0.2) is 0 Å². The normalized spacial score (nSPS) is 17.1. The van der Waals surface area contributed by atoms with Crippen molar-refractivity contribution in [2.45, 2.75) is 40.5 Å². The van der Waals surface area contributed by atoms with E-state index in [1.807, 2.05) is 13.8 Å². The van der Waals surface area contributed by atoms with Crippen LogP contribution in [0, 0.1) is 5.92 Å². The van der Waals surface area contributed by atoms with Crippen LogP contribution in [-0.4, -0.2) is 37.7 Å². The molecule has 0 atom stereocenters. The fourth-order valence-corrected chi connectivity index (χ4v) is 1.54. The van der Waals surface area contributed by atoms with Gasteiger partial charge in [-0.1, -0.05) is 34.1 Å². The summed E-state index contributed by atoms with van der Waals surface area (Å²) in [5, 5.41) is 0. The van der Waals surface area contributed by atoms with Crippen molar-refractivity contribution in [3.63, 3.8) is 0 Å². The summed E-state index contributed by atoms with van der Waals surface area (Å²) in [5.41, 5.74) is 0. The van der Waals surface area contributed by atoms with Gasteiger partial charge in [0.2, 0.25) is 0 Å². The Balaban J connectivity index is 0.000000791.